The van der Waals surface area contributed by atoms with Crippen LogP contribution in [0.25, 0.3) is 88.6 Å². The number of carbonyl (C=O) groups excluding carboxylic acids is 2. The van der Waals surface area contributed by atoms with Crippen LogP contribution in [-0.4, -0.2) is 120 Å². The van der Waals surface area contributed by atoms with Crippen LogP contribution < -0.4 is 26.6 Å². The Kier molecular flexibility index (Phi) is 23.7. The highest BCUT2D eigenvalue weighted by Crippen LogP contribution is 2.38. The first-order valence-electron chi connectivity index (χ1n) is 28.9. The molecule has 0 saturated heterocycles. The van der Waals surface area contributed by atoms with E-state index in [4.69, 9.17) is 51.3 Å². The lowest BCUT2D eigenvalue weighted by atomic mass is 10.1. The van der Waals surface area contributed by atoms with E-state index in [-0.39, 0.29) is 39.6 Å². The van der Waals surface area contributed by atoms with Crippen LogP contribution in [-0.2, 0) is 9.47 Å². The van der Waals surface area contributed by atoms with Crippen molar-refractivity contribution >= 4 is 189 Å². The van der Waals surface area contributed by atoms with Crippen molar-refractivity contribution in [2.24, 2.45) is 0 Å². The molecular formula is C61H72B2Br3ClIN18O7. The molecule has 3 aromatic carbocycles. The van der Waals surface area contributed by atoms with E-state index in [1.807, 2.05) is 75.2 Å². The molecule has 1 radical (unpaired) electrons. The molecule has 0 amide bonds. The highest BCUT2D eigenvalue weighted by molar-refractivity contribution is 14.1. The van der Waals surface area contributed by atoms with Gasteiger partial charge in [0.15, 0.2) is 22.8 Å². The van der Waals surface area contributed by atoms with E-state index in [1.54, 1.807) is 61.4 Å². The molecule has 0 atom stereocenters. The standard InChI is InChI=1S/C22H26N6O2.C17H18N6.C14H17BNO5.C8H10IN5.BBr3.ClH/c1-12(2)28-20-17(19(23)24-11-25-20)18(26-28)16-10-14-9-13(3)7-8-15(14)27(16)21(29)30-22(4,5)6;1-9(2)23-17-14(16(18)19-8-20-17)15(22-23)13-7-11-6-10(3)4-5-12(11)21-13;1-14(2,3)20-13(17)16-11-6-5-10(19-4)7-9(11)8-12(16)21-15-18;1-4(2)14-8-5(6(9)13-14)7(10)11-3-12-8;2-1(3)4;/h7-12H,1-6H3,(H2,23,24,25);4-9,21H,1-3H3,(H2,18,19,20);5-8,18H,1-4H3;3-4H,1-2H3,(H2,10,11,12);;1H. The first kappa shape index (κ1) is 72.8. The SMILES string of the molecule is BrB(Br)Br.CC(C)n1nc(I)c2c(N)ncnc21.COc1ccc2c(c1)cc(O[B]O)n2C(=O)OC(C)(C)C.Cc1ccc2[nH]c(-c3nn(C(C)C)c4ncnc(N)c34)cc2c1.Cc1ccc2c(c1)cc(-c1nn(C(C)C)c3ncnc(N)c13)n2C(=O)OC(C)(C)C.Cl. The summed E-state index contributed by atoms with van der Waals surface area (Å²) < 4.78 is 30.7. The molecule has 0 unspecified atom stereocenters. The number of anilines is 3. The third-order valence-corrected chi connectivity index (χ3v) is 14.3. The molecule has 12 rings (SSSR count). The van der Waals surface area contributed by atoms with Crippen molar-refractivity contribution in [1.82, 2.24) is 73.4 Å². The van der Waals surface area contributed by atoms with Gasteiger partial charge in [-0.25, -0.2) is 62.7 Å². The zero-order valence-corrected chi connectivity index (χ0v) is 61.6. The summed E-state index contributed by atoms with van der Waals surface area (Å²) in [4.78, 5) is 54.2. The maximum absolute atomic E-state index is 13.2. The molecule has 25 nitrogen and oxygen atoms in total. The zero-order valence-electron chi connectivity index (χ0n) is 53.9. The normalized spacial score (nSPS) is 11.4. The van der Waals surface area contributed by atoms with E-state index in [9.17, 15) is 9.59 Å². The van der Waals surface area contributed by atoms with E-state index < -0.39 is 23.4 Å². The van der Waals surface area contributed by atoms with Crippen LogP contribution in [0.4, 0.5) is 27.0 Å². The summed E-state index contributed by atoms with van der Waals surface area (Å²) in [5.41, 5.74) is 26.6. The van der Waals surface area contributed by atoms with E-state index in [0.29, 0.717) is 58.8 Å². The molecule has 93 heavy (non-hydrogen) atoms. The summed E-state index contributed by atoms with van der Waals surface area (Å²) >= 11 is 11.5. The van der Waals surface area contributed by atoms with Gasteiger partial charge in [0, 0.05) is 45.9 Å². The number of hydrogen-bond acceptors (Lipinski definition) is 19. The van der Waals surface area contributed by atoms with Gasteiger partial charge in [0.2, 0.25) is 0 Å². The maximum Gasteiger partial charge on any atom is 0.570 e. The van der Waals surface area contributed by atoms with E-state index in [1.165, 1.54) is 29.1 Å². The van der Waals surface area contributed by atoms with Crippen molar-refractivity contribution in [3.8, 4) is 34.4 Å². The van der Waals surface area contributed by atoms with Gasteiger partial charge in [0.25, 0.3) is 0 Å². The number of aryl methyl sites for hydroxylation is 2. The minimum absolute atomic E-state index is 0. The molecule has 489 valence electrons. The molecule has 12 aromatic rings. The van der Waals surface area contributed by atoms with Gasteiger partial charge in [0.1, 0.15) is 68.5 Å². The number of nitrogen functional groups attached to an aromatic ring is 3. The maximum atomic E-state index is 13.2. The van der Waals surface area contributed by atoms with Crippen LogP contribution >= 0.6 is 82.3 Å². The molecule has 0 bridgehead atoms. The van der Waals surface area contributed by atoms with Crippen molar-refractivity contribution in [3.63, 3.8) is 0 Å². The van der Waals surface area contributed by atoms with Gasteiger partial charge < -0.3 is 46.1 Å². The van der Waals surface area contributed by atoms with Gasteiger partial charge in [0.05, 0.1) is 45.7 Å². The van der Waals surface area contributed by atoms with Gasteiger partial charge >= 0.3 is 23.1 Å². The number of benzene rings is 3. The number of methoxy groups -OCH3 is 1. The number of fused-ring (bicyclic) bond motifs is 6. The Morgan fingerprint density at radius 1 is 0.602 bits per heavy atom. The van der Waals surface area contributed by atoms with Crippen LogP contribution in [0.15, 0.2) is 91.8 Å². The number of aromatic amines is 1. The number of nitrogens with two attached hydrogens (primary N) is 3. The minimum Gasteiger partial charge on any atom is -0.524 e. The third-order valence-electron chi connectivity index (χ3n) is 13.5. The Labute approximate surface area is 582 Å². The number of nitrogens with zero attached hydrogens (tertiary/aromatic N) is 14. The van der Waals surface area contributed by atoms with Crippen LogP contribution in [0, 0.1) is 17.5 Å². The van der Waals surface area contributed by atoms with Crippen LogP contribution in [0.1, 0.15) is 112 Å². The Bertz CT molecular complexity index is 4650. The monoisotopic (exact) mass is 1590 g/mol. The fourth-order valence-electron chi connectivity index (χ4n) is 9.72. The van der Waals surface area contributed by atoms with Crippen molar-refractivity contribution in [2.75, 3.05) is 24.3 Å². The molecule has 0 aliphatic heterocycles. The Balaban J connectivity index is 0.000000176. The number of ether oxygens (including phenoxy) is 3. The molecule has 9 heterocycles. The van der Waals surface area contributed by atoms with Crippen LogP contribution in [0.5, 0.6) is 11.6 Å². The van der Waals surface area contributed by atoms with Gasteiger partial charge in [-0.2, -0.15) is 15.3 Å². The van der Waals surface area contributed by atoms with Gasteiger partial charge in [-0.05, 0) is 174 Å². The Morgan fingerprint density at radius 2 is 1.04 bits per heavy atom. The number of aromatic nitrogens is 15. The zero-order chi connectivity index (χ0) is 67.4. The van der Waals surface area contributed by atoms with Crippen LogP contribution in [0.3, 0.4) is 0 Å². The quantitative estimate of drug-likeness (QED) is 0.0697. The van der Waals surface area contributed by atoms with Crippen molar-refractivity contribution in [3.05, 3.63) is 107 Å². The van der Waals surface area contributed by atoms with E-state index in [2.05, 4.69) is 169 Å². The summed E-state index contributed by atoms with van der Waals surface area (Å²) in [5.74, 6) is 2.08. The van der Waals surface area contributed by atoms with Gasteiger partial charge in [-0.15, -0.1) is 59.7 Å². The summed E-state index contributed by atoms with van der Waals surface area (Å²) in [6, 6.07) is 23.6. The van der Waals surface area contributed by atoms with Gasteiger partial charge in [-0.1, -0.05) is 23.3 Å². The predicted octanol–water partition coefficient (Wildman–Crippen LogP) is 14.7. The van der Waals surface area contributed by atoms with Crippen molar-refractivity contribution < 1.29 is 33.5 Å². The number of rotatable bonds is 8. The molecule has 9 aromatic heterocycles. The summed E-state index contributed by atoms with van der Waals surface area (Å²) in [6.07, 6.45) is 3.32. The van der Waals surface area contributed by atoms with Gasteiger partial charge in [-0.3, -0.25) is 0 Å². The molecule has 8 N–H and O–H groups in total. The number of hydrogen-bond donors (Lipinski definition) is 5. The summed E-state index contributed by atoms with van der Waals surface area (Å²) in [7, 11) is 2.08. The fourth-order valence-corrected chi connectivity index (χ4v) is 10.5. The first-order chi connectivity index (χ1) is 43.3. The highest BCUT2D eigenvalue weighted by atomic mass is 127. The lowest BCUT2D eigenvalue weighted by Crippen LogP contribution is -2.27. The second kappa shape index (κ2) is 30.2. The number of H-pyrrole nitrogens is 1. The highest BCUT2D eigenvalue weighted by Gasteiger charge is 2.29. The molecule has 32 heteroatoms. The van der Waals surface area contributed by atoms with Crippen LogP contribution in [0.2, 0.25) is 0 Å². The first-order valence-corrected chi connectivity index (χ1v) is 32.7. The number of halogens is 5. The molecule has 0 aliphatic rings. The molecule has 0 fully saturated rings. The topological polar surface area (TPSA) is 326 Å². The Morgan fingerprint density at radius 3 is 1.56 bits per heavy atom. The molecule has 0 saturated carbocycles. The van der Waals surface area contributed by atoms with Crippen molar-refractivity contribution in [1.29, 1.82) is 0 Å². The van der Waals surface area contributed by atoms with Crippen molar-refractivity contribution in [2.45, 2.75) is 126 Å². The average Bonchev–Trinajstić information content (AvgIpc) is 1.61. The largest absolute Gasteiger partial charge is 0.570 e. The second-order valence-corrected chi connectivity index (χ2v) is 31.3. The average molecular weight is 1590 g/mol. The molecular weight excluding hydrogens is 1520 g/mol. The molecule has 0 spiro atoms. The smallest absolute Gasteiger partial charge is 0.524 e. The predicted molar refractivity (Wildman–Crippen MR) is 391 cm³/mol. The fraction of sp³-hybridized carbons (Fsp3) is 0.328. The second-order valence-electron chi connectivity index (χ2n) is 23.9. The Hall–Kier alpha value is -7.58. The summed E-state index contributed by atoms with van der Waals surface area (Å²) in [6.45, 7) is 27.2. The molecule has 0 aliphatic carbocycles. The summed E-state index contributed by atoms with van der Waals surface area (Å²) in [5, 5.41) is 27.8. The van der Waals surface area contributed by atoms with E-state index in [0.717, 1.165) is 69.9 Å². The van der Waals surface area contributed by atoms with E-state index >= 15 is 0 Å². The lowest BCUT2D eigenvalue weighted by Gasteiger charge is -2.20. The third kappa shape index (κ3) is 16.9. The number of carbonyl (C=O) groups is 2. The number of nitrogens with one attached hydrogen (secondary N) is 1. The lowest BCUT2D eigenvalue weighted by molar-refractivity contribution is 0.0529. The minimum atomic E-state index is -0.642.